The van der Waals surface area contributed by atoms with Crippen molar-refractivity contribution in [3.8, 4) is 0 Å². The van der Waals surface area contributed by atoms with E-state index in [0.29, 0.717) is 38.9 Å². The molecule has 6 atom stereocenters. The number of Topliss-reactive ketones (excluding diaryl/α,β-unsaturated/α-hetero) is 3. The van der Waals surface area contributed by atoms with Gasteiger partial charge < -0.3 is 20.4 Å². The van der Waals surface area contributed by atoms with Crippen molar-refractivity contribution < 1.29 is 28.8 Å². The standard InChI is InChI=1S/C36H60N4O6/c1-13-17-19-24(41)28(43)22(18-14-2)20-25(42)27-26-23(36(26,11)12)21-40(27)32(45)30(35(8,9)10)38-33(46)37-29(34(5,6)7)31(44)39(15-3)16-4/h13,22-23,26-27,29-30H,1,14-21H2,2-12H3,(H2,37,38,46)/t22?,23-,26-,27+,29+,30+/m0/s1. The zero-order chi connectivity index (χ0) is 35.4. The number of urea groups is 1. The fourth-order valence-electron chi connectivity index (χ4n) is 6.99. The lowest BCUT2D eigenvalue weighted by atomic mass is 9.83. The molecule has 0 aromatic heterocycles. The van der Waals surface area contributed by atoms with Gasteiger partial charge in [0, 0.05) is 38.4 Å². The van der Waals surface area contributed by atoms with Gasteiger partial charge in [0.25, 0.3) is 0 Å². The molecule has 1 saturated carbocycles. The number of hydrogen-bond donors (Lipinski definition) is 2. The van der Waals surface area contributed by atoms with E-state index in [0.717, 1.165) is 0 Å². The first-order chi connectivity index (χ1) is 21.2. The molecule has 2 rings (SSSR count). The maximum absolute atomic E-state index is 14.3. The largest absolute Gasteiger partial charge is 0.341 e. The lowest BCUT2D eigenvalue weighted by Crippen LogP contribution is -2.62. The number of likely N-dealkylation sites (tertiary alicyclic amines) is 1. The van der Waals surface area contributed by atoms with Crippen molar-refractivity contribution in [3.63, 3.8) is 0 Å². The molecule has 0 radical (unpaired) electrons. The van der Waals surface area contributed by atoms with Crippen LogP contribution in [0.2, 0.25) is 0 Å². The smallest absolute Gasteiger partial charge is 0.316 e. The van der Waals surface area contributed by atoms with Gasteiger partial charge in [0.15, 0.2) is 11.6 Å². The molecular weight excluding hydrogens is 584 g/mol. The van der Waals surface area contributed by atoms with Gasteiger partial charge in [0.05, 0.1) is 6.04 Å². The first-order valence-electron chi connectivity index (χ1n) is 17.1. The highest BCUT2D eigenvalue weighted by atomic mass is 16.2. The van der Waals surface area contributed by atoms with E-state index in [9.17, 15) is 28.8 Å². The van der Waals surface area contributed by atoms with Crippen LogP contribution in [0.1, 0.15) is 108 Å². The van der Waals surface area contributed by atoms with Gasteiger partial charge in [-0.1, -0.05) is 74.8 Å². The second kappa shape index (κ2) is 15.2. The van der Waals surface area contributed by atoms with Gasteiger partial charge in [-0.3, -0.25) is 24.0 Å². The van der Waals surface area contributed by atoms with Crippen molar-refractivity contribution >= 4 is 35.2 Å². The average Bonchev–Trinajstić information content (AvgIpc) is 3.27. The quantitative estimate of drug-likeness (QED) is 0.181. The van der Waals surface area contributed by atoms with Gasteiger partial charge in [-0.2, -0.15) is 0 Å². The maximum atomic E-state index is 14.3. The summed E-state index contributed by atoms with van der Waals surface area (Å²) in [6.45, 7) is 26.0. The Balaban J connectivity index is 2.35. The lowest BCUT2D eigenvalue weighted by Gasteiger charge is -2.39. The minimum Gasteiger partial charge on any atom is -0.341 e. The number of ketones is 3. The highest BCUT2D eigenvalue weighted by Gasteiger charge is 2.69. The Morgan fingerprint density at radius 1 is 0.935 bits per heavy atom. The van der Waals surface area contributed by atoms with E-state index >= 15 is 0 Å². The molecule has 1 saturated heterocycles. The van der Waals surface area contributed by atoms with Gasteiger partial charge in [-0.15, -0.1) is 6.58 Å². The number of nitrogens with zero attached hydrogens (tertiary/aromatic N) is 2. The van der Waals surface area contributed by atoms with E-state index in [1.807, 2.05) is 62.3 Å². The van der Waals surface area contributed by atoms with Gasteiger partial charge in [0.2, 0.25) is 17.6 Å². The van der Waals surface area contributed by atoms with Crippen LogP contribution in [0.15, 0.2) is 12.7 Å². The molecule has 260 valence electrons. The number of rotatable bonds is 16. The summed E-state index contributed by atoms with van der Waals surface area (Å²) in [4.78, 5) is 84.1. The van der Waals surface area contributed by atoms with E-state index < -0.39 is 52.5 Å². The van der Waals surface area contributed by atoms with Crippen LogP contribution >= 0.6 is 0 Å². The van der Waals surface area contributed by atoms with Crippen molar-refractivity contribution in [2.75, 3.05) is 19.6 Å². The maximum Gasteiger partial charge on any atom is 0.316 e. The average molecular weight is 645 g/mol. The minimum atomic E-state index is -0.985. The van der Waals surface area contributed by atoms with Crippen molar-refractivity contribution in [3.05, 3.63) is 12.7 Å². The van der Waals surface area contributed by atoms with Crippen LogP contribution < -0.4 is 10.6 Å². The van der Waals surface area contributed by atoms with Gasteiger partial charge >= 0.3 is 6.03 Å². The second-order valence-electron chi connectivity index (χ2n) is 15.9. The van der Waals surface area contributed by atoms with Crippen LogP contribution in [0.5, 0.6) is 0 Å². The fraction of sp³-hybridized carbons (Fsp3) is 0.778. The van der Waals surface area contributed by atoms with Crippen LogP contribution in [0.25, 0.3) is 0 Å². The van der Waals surface area contributed by atoms with Crippen LogP contribution in [-0.4, -0.2) is 82.8 Å². The van der Waals surface area contributed by atoms with Crippen LogP contribution in [0.4, 0.5) is 4.79 Å². The molecule has 2 fully saturated rings. The molecule has 2 N–H and O–H groups in total. The fourth-order valence-corrected chi connectivity index (χ4v) is 6.99. The van der Waals surface area contributed by atoms with Crippen LogP contribution in [0.3, 0.4) is 0 Å². The number of hydrogen-bond acceptors (Lipinski definition) is 6. The molecular formula is C36H60N4O6. The molecule has 1 heterocycles. The summed E-state index contributed by atoms with van der Waals surface area (Å²) < 4.78 is 0. The first kappa shape index (κ1) is 39.1. The second-order valence-corrected chi connectivity index (χ2v) is 15.9. The zero-order valence-electron chi connectivity index (χ0n) is 30.2. The SMILES string of the molecule is C=CCCC(=O)C(=O)C(CCC)CC(=O)[C@@H]1[C@@H]2[C@H](CN1C(=O)[C@@H](NC(=O)N[C@H](C(=O)N(CC)CC)C(C)(C)C)C(C)(C)C)C2(C)C. The third kappa shape index (κ3) is 8.85. The Bertz CT molecular complexity index is 1180. The number of carbonyl (C=O) groups is 6. The topological polar surface area (TPSA) is 133 Å². The molecule has 10 heteroatoms. The van der Waals surface area contributed by atoms with Crippen molar-refractivity contribution in [2.24, 2.45) is 34.0 Å². The normalized spacial score (nSPS) is 22.2. The molecule has 0 bridgehead atoms. The first-order valence-corrected chi connectivity index (χ1v) is 17.1. The molecule has 0 aromatic carbocycles. The summed E-state index contributed by atoms with van der Waals surface area (Å²) >= 11 is 0. The Kier molecular flexibility index (Phi) is 13.0. The van der Waals surface area contributed by atoms with Gasteiger partial charge in [-0.05, 0) is 54.8 Å². The molecule has 0 spiro atoms. The molecule has 0 aromatic rings. The highest BCUT2D eigenvalue weighted by Crippen LogP contribution is 2.65. The van der Waals surface area contributed by atoms with E-state index in [1.165, 1.54) is 0 Å². The Morgan fingerprint density at radius 3 is 1.96 bits per heavy atom. The molecule has 10 nitrogen and oxygen atoms in total. The van der Waals surface area contributed by atoms with Crippen molar-refractivity contribution in [2.45, 2.75) is 126 Å². The summed E-state index contributed by atoms with van der Waals surface area (Å²) in [7, 11) is 0. The Hall–Kier alpha value is -3.04. The molecule has 1 aliphatic heterocycles. The third-order valence-electron chi connectivity index (χ3n) is 9.98. The lowest BCUT2D eigenvalue weighted by molar-refractivity contribution is -0.144. The van der Waals surface area contributed by atoms with E-state index in [4.69, 9.17) is 0 Å². The van der Waals surface area contributed by atoms with Crippen LogP contribution in [0, 0.1) is 34.0 Å². The monoisotopic (exact) mass is 644 g/mol. The molecule has 46 heavy (non-hydrogen) atoms. The predicted molar refractivity (Wildman–Crippen MR) is 180 cm³/mol. The van der Waals surface area contributed by atoms with Gasteiger partial charge in [-0.25, -0.2) is 4.79 Å². The zero-order valence-corrected chi connectivity index (χ0v) is 30.2. The van der Waals surface area contributed by atoms with E-state index in [2.05, 4.69) is 31.1 Å². The summed E-state index contributed by atoms with van der Waals surface area (Å²) in [5, 5.41) is 5.70. The molecule has 2 aliphatic rings. The molecule has 1 aliphatic carbocycles. The summed E-state index contributed by atoms with van der Waals surface area (Å²) in [5.74, 6) is -2.48. The number of fused-ring (bicyclic) bond motifs is 1. The number of piperidine rings is 1. The predicted octanol–water partition coefficient (Wildman–Crippen LogP) is 4.95. The number of nitrogens with one attached hydrogen (secondary N) is 2. The Morgan fingerprint density at radius 2 is 1.48 bits per heavy atom. The number of carbonyl (C=O) groups excluding carboxylic acids is 6. The molecule has 4 amide bonds. The van der Waals surface area contributed by atoms with E-state index in [1.54, 1.807) is 15.9 Å². The minimum absolute atomic E-state index is 0.0656. The van der Waals surface area contributed by atoms with Crippen molar-refractivity contribution in [1.29, 1.82) is 0 Å². The van der Waals surface area contributed by atoms with E-state index in [-0.39, 0.29) is 47.7 Å². The number of likely N-dealkylation sites (N-methyl/N-ethyl adjacent to an activating group) is 1. The highest BCUT2D eigenvalue weighted by molar-refractivity contribution is 6.38. The van der Waals surface area contributed by atoms with Gasteiger partial charge in [0.1, 0.15) is 12.1 Å². The van der Waals surface area contributed by atoms with Crippen LogP contribution in [-0.2, 0) is 24.0 Å². The molecule has 1 unspecified atom stereocenters. The number of amides is 4. The Labute approximate surface area is 276 Å². The third-order valence-corrected chi connectivity index (χ3v) is 9.98. The van der Waals surface area contributed by atoms with Crippen molar-refractivity contribution in [1.82, 2.24) is 20.4 Å². The number of allylic oxidation sites excluding steroid dienone is 1. The summed E-state index contributed by atoms with van der Waals surface area (Å²) in [5.41, 5.74) is -1.45. The summed E-state index contributed by atoms with van der Waals surface area (Å²) in [6.07, 6.45) is 3.01. The summed E-state index contributed by atoms with van der Waals surface area (Å²) in [6, 6.07) is -3.18.